The van der Waals surface area contributed by atoms with Gasteiger partial charge < -0.3 is 15.4 Å². The number of piperidine rings is 1. The molecule has 0 unspecified atom stereocenters. The molecule has 0 aliphatic carbocycles. The number of ether oxygens (including phenoxy) is 1. The van der Waals surface area contributed by atoms with Gasteiger partial charge in [-0.05, 0) is 43.7 Å². The molecule has 0 spiro atoms. The monoisotopic (exact) mass is 324 g/mol. The van der Waals surface area contributed by atoms with Crippen LogP contribution in [0.25, 0.3) is 0 Å². The minimum Gasteiger partial charge on any atom is -0.406 e. The van der Waals surface area contributed by atoms with Crippen LogP contribution in [0.5, 0.6) is 5.75 Å². The summed E-state index contributed by atoms with van der Waals surface area (Å²) in [6, 6.07) is 4.94. The molecule has 2 rings (SSSR count). The fourth-order valence-electron chi connectivity index (χ4n) is 2.05. The normalized spacial score (nSPS) is 18.5. The molecular weight excluding hydrogens is 309 g/mol. The number of hydrogen-bond donors (Lipinski definition) is 2. The molecule has 0 saturated carbocycles. The number of rotatable bonds is 3. The molecule has 8 heteroatoms. The molecule has 2 N–H and O–H groups in total. The Morgan fingerprint density at radius 1 is 1.29 bits per heavy atom. The van der Waals surface area contributed by atoms with Gasteiger partial charge in [-0.3, -0.25) is 4.79 Å². The first kappa shape index (κ1) is 17.6. The molecule has 1 amide bonds. The van der Waals surface area contributed by atoms with Gasteiger partial charge in [0.1, 0.15) is 5.75 Å². The quantitative estimate of drug-likeness (QED) is 0.898. The first-order valence-corrected chi connectivity index (χ1v) is 6.31. The lowest BCUT2D eigenvalue weighted by molar-refractivity contribution is -0.274. The highest BCUT2D eigenvalue weighted by molar-refractivity contribution is 5.94. The van der Waals surface area contributed by atoms with Gasteiger partial charge in [0.2, 0.25) is 0 Å². The van der Waals surface area contributed by atoms with E-state index in [1.165, 1.54) is 12.1 Å². The van der Waals surface area contributed by atoms with Crippen molar-refractivity contribution in [3.63, 3.8) is 0 Å². The highest BCUT2D eigenvalue weighted by atomic mass is 35.5. The maximum absolute atomic E-state index is 12.0. The van der Waals surface area contributed by atoms with Crippen molar-refractivity contribution in [3.8, 4) is 5.75 Å². The fourth-order valence-corrected chi connectivity index (χ4v) is 2.05. The minimum atomic E-state index is -4.72. The summed E-state index contributed by atoms with van der Waals surface area (Å²) in [5, 5.41) is 6.01. The van der Waals surface area contributed by atoms with Gasteiger partial charge in [0.15, 0.2) is 0 Å². The summed E-state index contributed by atoms with van der Waals surface area (Å²) in [4.78, 5) is 11.9. The summed E-state index contributed by atoms with van der Waals surface area (Å²) < 4.78 is 39.7. The lowest BCUT2D eigenvalue weighted by atomic mass is 10.1. The van der Waals surface area contributed by atoms with E-state index in [9.17, 15) is 18.0 Å². The maximum atomic E-state index is 12.0. The smallest absolute Gasteiger partial charge is 0.406 e. The Morgan fingerprint density at radius 2 is 1.95 bits per heavy atom. The van der Waals surface area contributed by atoms with E-state index >= 15 is 0 Å². The number of amides is 1. The van der Waals surface area contributed by atoms with Crippen molar-refractivity contribution in [2.24, 2.45) is 0 Å². The molecule has 1 aromatic carbocycles. The van der Waals surface area contributed by atoms with Crippen LogP contribution in [0.15, 0.2) is 24.3 Å². The Bertz CT molecular complexity index is 459. The SMILES string of the molecule is Cl.O=C(N[C@@H]1CCCNC1)c1ccc(OC(F)(F)F)cc1. The van der Waals surface area contributed by atoms with Crippen LogP contribution in [0, 0.1) is 0 Å². The van der Waals surface area contributed by atoms with E-state index in [0.717, 1.165) is 31.5 Å². The number of hydrogen-bond acceptors (Lipinski definition) is 3. The molecule has 4 nitrogen and oxygen atoms in total. The summed E-state index contributed by atoms with van der Waals surface area (Å²) in [5.41, 5.74) is 0.310. The van der Waals surface area contributed by atoms with Crippen LogP contribution in [0.2, 0.25) is 0 Å². The first-order valence-electron chi connectivity index (χ1n) is 6.31. The number of carbonyl (C=O) groups excluding carboxylic acids is 1. The predicted octanol–water partition coefficient (Wildman–Crippen LogP) is 2.49. The van der Waals surface area contributed by atoms with Gasteiger partial charge in [-0.25, -0.2) is 0 Å². The molecule has 0 radical (unpaired) electrons. The van der Waals surface area contributed by atoms with E-state index in [1.807, 2.05) is 0 Å². The zero-order valence-corrected chi connectivity index (χ0v) is 11.9. The molecule has 1 heterocycles. The average Bonchev–Trinajstić information content (AvgIpc) is 2.39. The Balaban J connectivity index is 0.00000220. The summed E-state index contributed by atoms with van der Waals surface area (Å²) in [7, 11) is 0. The van der Waals surface area contributed by atoms with Crippen molar-refractivity contribution < 1.29 is 22.7 Å². The lowest BCUT2D eigenvalue weighted by Gasteiger charge is -2.23. The van der Waals surface area contributed by atoms with Crippen LogP contribution in [0.1, 0.15) is 23.2 Å². The second-order valence-electron chi connectivity index (χ2n) is 4.59. The van der Waals surface area contributed by atoms with Crippen molar-refractivity contribution >= 4 is 18.3 Å². The largest absolute Gasteiger partial charge is 0.573 e. The summed E-state index contributed by atoms with van der Waals surface area (Å²) in [6.45, 7) is 1.65. The molecule has 1 aliphatic heterocycles. The third-order valence-corrected chi connectivity index (χ3v) is 2.98. The summed E-state index contributed by atoms with van der Waals surface area (Å²) in [5.74, 6) is -0.634. The van der Waals surface area contributed by atoms with Gasteiger partial charge in [-0.15, -0.1) is 25.6 Å². The van der Waals surface area contributed by atoms with Crippen molar-refractivity contribution in [2.45, 2.75) is 25.2 Å². The molecule has 1 atom stereocenters. The first-order chi connectivity index (χ1) is 9.44. The van der Waals surface area contributed by atoms with E-state index in [1.54, 1.807) is 0 Å². The van der Waals surface area contributed by atoms with Gasteiger partial charge in [-0.2, -0.15) is 0 Å². The molecule has 1 aliphatic rings. The number of nitrogens with one attached hydrogen (secondary N) is 2. The molecule has 0 bridgehead atoms. The third kappa shape index (κ3) is 5.81. The molecule has 21 heavy (non-hydrogen) atoms. The van der Waals surface area contributed by atoms with Gasteiger partial charge in [-0.1, -0.05) is 0 Å². The molecule has 118 valence electrons. The van der Waals surface area contributed by atoms with E-state index < -0.39 is 6.36 Å². The van der Waals surface area contributed by atoms with Gasteiger partial charge in [0, 0.05) is 18.2 Å². The predicted molar refractivity (Wildman–Crippen MR) is 73.7 cm³/mol. The highest BCUT2D eigenvalue weighted by Gasteiger charge is 2.31. The van der Waals surface area contributed by atoms with Crippen molar-refractivity contribution in [2.75, 3.05) is 13.1 Å². The van der Waals surface area contributed by atoms with Gasteiger partial charge >= 0.3 is 6.36 Å². The van der Waals surface area contributed by atoms with Crippen molar-refractivity contribution in [1.82, 2.24) is 10.6 Å². The second kappa shape index (κ2) is 7.51. The van der Waals surface area contributed by atoms with E-state index in [-0.39, 0.29) is 30.1 Å². The van der Waals surface area contributed by atoms with Gasteiger partial charge in [0.25, 0.3) is 5.91 Å². The Morgan fingerprint density at radius 3 is 2.48 bits per heavy atom. The minimum absolute atomic E-state index is 0. The standard InChI is InChI=1S/C13H15F3N2O2.ClH/c14-13(15,16)20-11-5-3-9(4-6-11)12(19)18-10-2-1-7-17-8-10;/h3-6,10,17H,1-2,7-8H2,(H,18,19);1H/t10-;/m1./s1. The van der Waals surface area contributed by atoms with Crippen LogP contribution in [0.4, 0.5) is 13.2 Å². The van der Waals surface area contributed by atoms with Gasteiger partial charge in [0.05, 0.1) is 0 Å². The summed E-state index contributed by atoms with van der Waals surface area (Å²) in [6.07, 6.45) is -2.84. The molecule has 1 saturated heterocycles. The van der Waals surface area contributed by atoms with Crippen LogP contribution in [-0.2, 0) is 0 Å². The summed E-state index contributed by atoms with van der Waals surface area (Å²) >= 11 is 0. The number of alkyl halides is 3. The van der Waals surface area contributed by atoms with E-state index in [4.69, 9.17) is 0 Å². The number of carbonyl (C=O) groups is 1. The Hall–Kier alpha value is -1.47. The van der Waals surface area contributed by atoms with Crippen molar-refractivity contribution in [1.29, 1.82) is 0 Å². The second-order valence-corrected chi connectivity index (χ2v) is 4.59. The maximum Gasteiger partial charge on any atom is 0.573 e. The number of benzene rings is 1. The molecule has 0 aromatic heterocycles. The highest BCUT2D eigenvalue weighted by Crippen LogP contribution is 2.22. The third-order valence-electron chi connectivity index (χ3n) is 2.98. The lowest BCUT2D eigenvalue weighted by Crippen LogP contribution is -2.45. The van der Waals surface area contributed by atoms with Crippen LogP contribution < -0.4 is 15.4 Å². The fraction of sp³-hybridized carbons (Fsp3) is 0.462. The van der Waals surface area contributed by atoms with Crippen LogP contribution in [0.3, 0.4) is 0 Å². The average molecular weight is 325 g/mol. The molecular formula is C13H16ClF3N2O2. The van der Waals surface area contributed by atoms with Crippen LogP contribution in [-0.4, -0.2) is 31.4 Å². The van der Waals surface area contributed by atoms with E-state index in [2.05, 4.69) is 15.4 Å². The molecule has 1 aromatic rings. The van der Waals surface area contributed by atoms with Crippen molar-refractivity contribution in [3.05, 3.63) is 29.8 Å². The Labute approximate surface area is 126 Å². The number of halogens is 4. The topological polar surface area (TPSA) is 50.4 Å². The van der Waals surface area contributed by atoms with E-state index in [0.29, 0.717) is 12.1 Å². The molecule has 1 fully saturated rings. The zero-order valence-electron chi connectivity index (χ0n) is 11.1. The Kier molecular flexibility index (Phi) is 6.29. The zero-order chi connectivity index (χ0) is 14.6. The van der Waals surface area contributed by atoms with Crippen LogP contribution >= 0.6 is 12.4 Å².